The molecule has 0 spiro atoms. The predicted molar refractivity (Wildman–Crippen MR) is 130 cm³/mol. The van der Waals surface area contributed by atoms with Gasteiger partial charge in [0, 0.05) is 30.4 Å². The van der Waals surface area contributed by atoms with Crippen molar-refractivity contribution in [2.75, 3.05) is 36.5 Å². The summed E-state index contributed by atoms with van der Waals surface area (Å²) in [6.07, 6.45) is 1.72. The molecule has 1 unspecified atom stereocenters. The third kappa shape index (κ3) is 6.82. The zero-order chi connectivity index (χ0) is 24.4. The number of nitrogens with zero attached hydrogens (tertiary/aromatic N) is 3. The number of ether oxygens (including phenoxy) is 1. The lowest BCUT2D eigenvalue weighted by Gasteiger charge is -2.28. The summed E-state index contributed by atoms with van der Waals surface area (Å²) in [4.78, 5) is 11.5. The first-order chi connectivity index (χ1) is 16.0. The number of aliphatic hydroxyl groups excluding tert-OH is 1. The highest BCUT2D eigenvalue weighted by molar-refractivity contribution is 5.81. The van der Waals surface area contributed by atoms with Crippen molar-refractivity contribution >= 4 is 22.5 Å². The van der Waals surface area contributed by atoms with Gasteiger partial charge in [-0.3, -0.25) is 4.98 Å². The van der Waals surface area contributed by atoms with Crippen molar-refractivity contribution in [1.82, 2.24) is 9.97 Å². The molecule has 1 saturated heterocycles. The van der Waals surface area contributed by atoms with Crippen LogP contribution in [0.4, 0.5) is 20.3 Å². The van der Waals surface area contributed by atoms with Crippen LogP contribution in [0.5, 0.6) is 0 Å². The molecule has 0 saturated carbocycles. The highest BCUT2D eigenvalue weighted by atomic mass is 19.1. The van der Waals surface area contributed by atoms with Crippen molar-refractivity contribution < 1.29 is 18.6 Å². The van der Waals surface area contributed by atoms with E-state index in [1.54, 1.807) is 12.3 Å². The standard InChI is InChI=1S/C21H22F2N4O2.2C2H6/c1-13(25-17-9-15(22)8-16(23)10-17)18-6-14(12-28)7-19-21(18)26-20(11-24-19)27-2-4-29-5-3-27;2*1-2/h6-11,13,25,28H,2-5,12H2,1H3;2*1-2H3. The summed E-state index contributed by atoms with van der Waals surface area (Å²) in [6, 6.07) is 6.62. The zero-order valence-corrected chi connectivity index (χ0v) is 20.0. The van der Waals surface area contributed by atoms with E-state index in [9.17, 15) is 13.9 Å². The maximum atomic E-state index is 13.6. The summed E-state index contributed by atoms with van der Waals surface area (Å²) in [5.41, 5.74) is 3.15. The molecule has 1 aromatic heterocycles. The van der Waals surface area contributed by atoms with Crippen LogP contribution in [0.3, 0.4) is 0 Å². The van der Waals surface area contributed by atoms with E-state index in [2.05, 4.69) is 15.2 Å². The minimum atomic E-state index is -0.650. The summed E-state index contributed by atoms with van der Waals surface area (Å²) in [5.74, 6) is -0.547. The molecule has 3 aromatic rings. The Labute approximate surface area is 194 Å². The molecule has 0 aliphatic carbocycles. The van der Waals surface area contributed by atoms with Gasteiger partial charge in [0.05, 0.1) is 43.1 Å². The lowest BCUT2D eigenvalue weighted by Crippen LogP contribution is -2.36. The second-order valence-electron chi connectivity index (χ2n) is 7.06. The van der Waals surface area contributed by atoms with Gasteiger partial charge in [-0.2, -0.15) is 0 Å². The van der Waals surface area contributed by atoms with Gasteiger partial charge >= 0.3 is 0 Å². The molecule has 1 fully saturated rings. The van der Waals surface area contributed by atoms with Crippen LogP contribution in [0.25, 0.3) is 11.0 Å². The van der Waals surface area contributed by atoms with E-state index >= 15 is 0 Å². The molecule has 4 rings (SSSR count). The van der Waals surface area contributed by atoms with E-state index in [1.807, 2.05) is 40.7 Å². The summed E-state index contributed by atoms with van der Waals surface area (Å²) in [5, 5.41) is 12.8. The van der Waals surface area contributed by atoms with Crippen molar-refractivity contribution in [2.45, 2.75) is 47.3 Å². The van der Waals surface area contributed by atoms with Crippen molar-refractivity contribution in [3.05, 3.63) is 59.3 Å². The lowest BCUT2D eigenvalue weighted by atomic mass is 10.0. The number of nitrogens with one attached hydrogen (secondary N) is 1. The van der Waals surface area contributed by atoms with Crippen molar-refractivity contribution in [1.29, 1.82) is 0 Å². The van der Waals surface area contributed by atoms with E-state index in [0.29, 0.717) is 35.5 Å². The Balaban J connectivity index is 0.000000914. The number of fused-ring (bicyclic) bond motifs is 1. The van der Waals surface area contributed by atoms with Gasteiger partial charge in [-0.05, 0) is 36.8 Å². The Morgan fingerprint density at radius 3 is 2.27 bits per heavy atom. The molecule has 1 aliphatic rings. The number of benzene rings is 2. The molecule has 33 heavy (non-hydrogen) atoms. The van der Waals surface area contributed by atoms with Crippen LogP contribution in [0.2, 0.25) is 0 Å². The molecular formula is C25H34F2N4O2. The number of halogens is 2. The molecule has 1 atom stereocenters. The maximum Gasteiger partial charge on any atom is 0.148 e. The molecule has 0 amide bonds. The minimum Gasteiger partial charge on any atom is -0.392 e. The molecule has 0 bridgehead atoms. The minimum absolute atomic E-state index is 0.142. The average molecular weight is 461 g/mol. The summed E-state index contributed by atoms with van der Waals surface area (Å²) in [7, 11) is 0. The van der Waals surface area contributed by atoms with Gasteiger partial charge in [0.25, 0.3) is 0 Å². The van der Waals surface area contributed by atoms with Crippen LogP contribution in [-0.2, 0) is 11.3 Å². The van der Waals surface area contributed by atoms with Gasteiger partial charge in [-0.15, -0.1) is 0 Å². The molecule has 2 aromatic carbocycles. The fourth-order valence-corrected chi connectivity index (χ4v) is 3.52. The Bertz CT molecular complexity index is 1010. The SMILES string of the molecule is CC.CC.CC(Nc1cc(F)cc(F)c1)c1cc(CO)cc2ncc(N3CCOCC3)nc12. The van der Waals surface area contributed by atoms with Crippen molar-refractivity contribution in [3.8, 4) is 0 Å². The highest BCUT2D eigenvalue weighted by Crippen LogP contribution is 2.29. The van der Waals surface area contributed by atoms with Crippen molar-refractivity contribution in [2.24, 2.45) is 0 Å². The van der Waals surface area contributed by atoms with Crippen LogP contribution >= 0.6 is 0 Å². The molecule has 0 radical (unpaired) electrons. The van der Waals surface area contributed by atoms with E-state index in [-0.39, 0.29) is 12.6 Å². The summed E-state index contributed by atoms with van der Waals surface area (Å²) in [6.45, 7) is 12.5. The first-order valence-electron chi connectivity index (χ1n) is 11.5. The predicted octanol–water partition coefficient (Wildman–Crippen LogP) is 5.46. The molecule has 180 valence electrons. The fourth-order valence-electron chi connectivity index (χ4n) is 3.52. The van der Waals surface area contributed by atoms with Crippen LogP contribution in [0.15, 0.2) is 36.5 Å². The zero-order valence-electron chi connectivity index (χ0n) is 20.0. The highest BCUT2D eigenvalue weighted by Gasteiger charge is 2.18. The van der Waals surface area contributed by atoms with Gasteiger partial charge in [-0.25, -0.2) is 13.8 Å². The number of aromatic nitrogens is 2. The Kier molecular flexibility index (Phi) is 10.4. The van der Waals surface area contributed by atoms with Gasteiger partial charge < -0.3 is 20.1 Å². The molecule has 1 aliphatic heterocycles. The van der Waals surface area contributed by atoms with E-state index in [0.717, 1.165) is 30.5 Å². The average Bonchev–Trinajstić information content (AvgIpc) is 2.85. The fraction of sp³-hybridized carbons (Fsp3) is 0.440. The Hall–Kier alpha value is -2.84. The van der Waals surface area contributed by atoms with Crippen LogP contribution in [0.1, 0.15) is 51.8 Å². The molecule has 2 N–H and O–H groups in total. The van der Waals surface area contributed by atoms with Crippen LogP contribution in [-0.4, -0.2) is 41.4 Å². The number of rotatable bonds is 5. The molecule has 8 heteroatoms. The summed E-state index contributed by atoms with van der Waals surface area (Å²) >= 11 is 0. The van der Waals surface area contributed by atoms with Gasteiger partial charge in [0.2, 0.25) is 0 Å². The van der Waals surface area contributed by atoms with E-state index in [4.69, 9.17) is 9.72 Å². The maximum absolute atomic E-state index is 13.6. The number of hydrogen-bond donors (Lipinski definition) is 2. The van der Waals surface area contributed by atoms with E-state index in [1.165, 1.54) is 12.1 Å². The van der Waals surface area contributed by atoms with Gasteiger partial charge in [0.15, 0.2) is 0 Å². The monoisotopic (exact) mass is 460 g/mol. The second-order valence-corrected chi connectivity index (χ2v) is 7.06. The number of anilines is 2. The smallest absolute Gasteiger partial charge is 0.148 e. The largest absolute Gasteiger partial charge is 0.392 e. The second kappa shape index (κ2) is 13.0. The third-order valence-corrected chi connectivity index (χ3v) is 4.95. The number of morpholine rings is 1. The number of hydrogen-bond acceptors (Lipinski definition) is 6. The third-order valence-electron chi connectivity index (χ3n) is 4.95. The Morgan fingerprint density at radius 2 is 1.67 bits per heavy atom. The molecule has 6 nitrogen and oxygen atoms in total. The first kappa shape index (κ1) is 26.4. The first-order valence-corrected chi connectivity index (χ1v) is 11.5. The van der Waals surface area contributed by atoms with Crippen molar-refractivity contribution in [3.63, 3.8) is 0 Å². The van der Waals surface area contributed by atoms with Crippen LogP contribution < -0.4 is 10.2 Å². The summed E-state index contributed by atoms with van der Waals surface area (Å²) < 4.78 is 32.5. The van der Waals surface area contributed by atoms with Crippen LogP contribution in [0, 0.1) is 11.6 Å². The Morgan fingerprint density at radius 1 is 1.03 bits per heavy atom. The molecular weight excluding hydrogens is 426 g/mol. The molecule has 2 heterocycles. The van der Waals surface area contributed by atoms with Gasteiger partial charge in [-0.1, -0.05) is 27.7 Å². The quantitative estimate of drug-likeness (QED) is 0.527. The normalized spacial score (nSPS) is 14.0. The number of aliphatic hydroxyl groups is 1. The van der Waals surface area contributed by atoms with E-state index < -0.39 is 11.6 Å². The van der Waals surface area contributed by atoms with Gasteiger partial charge in [0.1, 0.15) is 17.5 Å². The lowest BCUT2D eigenvalue weighted by molar-refractivity contribution is 0.122. The topological polar surface area (TPSA) is 70.5 Å².